The van der Waals surface area contributed by atoms with Crippen molar-refractivity contribution in [3.8, 4) is 0 Å². The third-order valence-electron chi connectivity index (χ3n) is 4.20. The smallest absolute Gasteiger partial charge is 0.243 e. The first-order valence-corrected chi connectivity index (χ1v) is 7.46. The molecule has 2 rings (SSSR count). The molecule has 0 bridgehead atoms. The first-order valence-electron chi connectivity index (χ1n) is 7.46. The van der Waals surface area contributed by atoms with Gasteiger partial charge in [0, 0.05) is 5.92 Å². The van der Waals surface area contributed by atoms with E-state index in [1.165, 1.54) is 12.8 Å². The molecule has 0 aromatic carbocycles. The number of nitrogens with two attached hydrogens (primary N) is 1. The van der Waals surface area contributed by atoms with Gasteiger partial charge in [0.2, 0.25) is 5.89 Å². The molecular formula is C15H27N3O. The molecule has 4 nitrogen and oxygen atoms in total. The van der Waals surface area contributed by atoms with Gasteiger partial charge in [0.1, 0.15) is 0 Å². The van der Waals surface area contributed by atoms with Gasteiger partial charge in [-0.25, -0.2) is 0 Å². The highest BCUT2D eigenvalue weighted by Gasteiger charge is 2.30. The lowest BCUT2D eigenvalue weighted by molar-refractivity contribution is 0.218. The molecule has 0 aliphatic heterocycles. The van der Waals surface area contributed by atoms with Gasteiger partial charge < -0.3 is 10.3 Å². The fraction of sp³-hybridized carbons (Fsp3) is 0.867. The molecule has 0 saturated heterocycles. The Hall–Kier alpha value is -0.900. The van der Waals surface area contributed by atoms with Crippen LogP contribution < -0.4 is 5.73 Å². The van der Waals surface area contributed by atoms with E-state index in [0.29, 0.717) is 23.1 Å². The first kappa shape index (κ1) is 14.5. The molecule has 0 radical (unpaired) electrons. The largest absolute Gasteiger partial charge is 0.338 e. The Bertz CT molecular complexity index is 401. The van der Waals surface area contributed by atoms with Crippen LogP contribution >= 0.6 is 0 Å². The number of hydrogen-bond donors (Lipinski definition) is 1. The van der Waals surface area contributed by atoms with E-state index in [9.17, 15) is 0 Å². The number of aromatic nitrogens is 2. The standard InChI is InChI=1S/C15H27N3O/c1-10(2)9-12(16)14-17-13(18-19-14)11-5-7-15(3,4)8-6-11/h10-12H,5-9,16H2,1-4H3. The third kappa shape index (κ3) is 3.78. The van der Waals surface area contributed by atoms with E-state index >= 15 is 0 Å². The Kier molecular flexibility index (Phi) is 4.29. The maximum Gasteiger partial charge on any atom is 0.243 e. The molecule has 1 atom stereocenters. The van der Waals surface area contributed by atoms with Crippen LogP contribution in [0.5, 0.6) is 0 Å². The van der Waals surface area contributed by atoms with E-state index in [-0.39, 0.29) is 6.04 Å². The molecule has 1 saturated carbocycles. The summed E-state index contributed by atoms with van der Waals surface area (Å²) in [5, 5.41) is 4.15. The van der Waals surface area contributed by atoms with Crippen LogP contribution in [0.25, 0.3) is 0 Å². The van der Waals surface area contributed by atoms with E-state index in [0.717, 1.165) is 25.1 Å². The molecule has 1 unspecified atom stereocenters. The Balaban J connectivity index is 1.98. The predicted molar refractivity (Wildman–Crippen MR) is 75.7 cm³/mol. The lowest BCUT2D eigenvalue weighted by atomic mass is 9.73. The summed E-state index contributed by atoms with van der Waals surface area (Å²) in [5.74, 6) is 2.47. The van der Waals surface area contributed by atoms with E-state index in [4.69, 9.17) is 10.3 Å². The summed E-state index contributed by atoms with van der Waals surface area (Å²) in [4.78, 5) is 4.53. The molecule has 1 aromatic rings. The van der Waals surface area contributed by atoms with Crippen LogP contribution in [0.4, 0.5) is 0 Å². The summed E-state index contributed by atoms with van der Waals surface area (Å²) >= 11 is 0. The van der Waals surface area contributed by atoms with Crippen LogP contribution in [-0.2, 0) is 0 Å². The van der Waals surface area contributed by atoms with Crippen LogP contribution in [0.1, 0.15) is 83.5 Å². The Labute approximate surface area is 116 Å². The van der Waals surface area contributed by atoms with Crippen molar-refractivity contribution in [3.05, 3.63) is 11.7 Å². The van der Waals surface area contributed by atoms with Crippen molar-refractivity contribution < 1.29 is 4.52 Å². The van der Waals surface area contributed by atoms with Crippen molar-refractivity contribution >= 4 is 0 Å². The summed E-state index contributed by atoms with van der Waals surface area (Å²) in [6.07, 6.45) is 5.68. The molecule has 1 aliphatic carbocycles. The zero-order valence-corrected chi connectivity index (χ0v) is 12.6. The van der Waals surface area contributed by atoms with Gasteiger partial charge in [0.05, 0.1) is 6.04 Å². The number of nitrogens with zero attached hydrogens (tertiary/aromatic N) is 2. The minimum absolute atomic E-state index is 0.124. The summed E-state index contributed by atoms with van der Waals surface area (Å²) in [7, 11) is 0. The summed E-state index contributed by atoms with van der Waals surface area (Å²) in [5.41, 5.74) is 6.56. The minimum Gasteiger partial charge on any atom is -0.338 e. The Morgan fingerprint density at radius 1 is 1.32 bits per heavy atom. The first-order chi connectivity index (χ1) is 8.87. The maximum absolute atomic E-state index is 6.09. The third-order valence-corrected chi connectivity index (χ3v) is 4.20. The molecule has 1 heterocycles. The van der Waals surface area contributed by atoms with Gasteiger partial charge in [-0.1, -0.05) is 32.9 Å². The van der Waals surface area contributed by atoms with E-state index in [2.05, 4.69) is 37.8 Å². The zero-order valence-electron chi connectivity index (χ0n) is 12.6. The van der Waals surface area contributed by atoms with Gasteiger partial charge in [-0.05, 0) is 43.4 Å². The second-order valence-electron chi connectivity index (χ2n) is 7.17. The van der Waals surface area contributed by atoms with Gasteiger partial charge >= 0.3 is 0 Å². The van der Waals surface area contributed by atoms with Crippen molar-refractivity contribution in [2.75, 3.05) is 0 Å². The monoisotopic (exact) mass is 265 g/mol. The molecule has 1 aromatic heterocycles. The average molecular weight is 265 g/mol. The molecule has 108 valence electrons. The normalized spacial score (nSPS) is 21.8. The van der Waals surface area contributed by atoms with Crippen molar-refractivity contribution in [2.24, 2.45) is 17.1 Å². The lowest BCUT2D eigenvalue weighted by Crippen LogP contribution is -2.21. The van der Waals surface area contributed by atoms with Crippen molar-refractivity contribution in [3.63, 3.8) is 0 Å². The van der Waals surface area contributed by atoms with Gasteiger partial charge in [-0.3, -0.25) is 0 Å². The summed E-state index contributed by atoms with van der Waals surface area (Å²) < 4.78 is 5.35. The lowest BCUT2D eigenvalue weighted by Gasteiger charge is -2.32. The predicted octanol–water partition coefficient (Wildman–Crippen LogP) is 3.80. The second-order valence-corrected chi connectivity index (χ2v) is 7.17. The molecule has 0 spiro atoms. The average Bonchev–Trinajstić information content (AvgIpc) is 2.77. The van der Waals surface area contributed by atoms with Crippen molar-refractivity contribution in [1.29, 1.82) is 0 Å². The van der Waals surface area contributed by atoms with Crippen LogP contribution in [0.2, 0.25) is 0 Å². The van der Waals surface area contributed by atoms with Gasteiger partial charge in [0.15, 0.2) is 5.82 Å². The van der Waals surface area contributed by atoms with Crippen molar-refractivity contribution in [1.82, 2.24) is 10.1 Å². The fourth-order valence-electron chi connectivity index (χ4n) is 2.83. The maximum atomic E-state index is 6.09. The molecule has 4 heteroatoms. The highest BCUT2D eigenvalue weighted by molar-refractivity contribution is 5.00. The van der Waals surface area contributed by atoms with Crippen LogP contribution in [0, 0.1) is 11.3 Å². The SMILES string of the molecule is CC(C)CC(N)c1nc(C2CCC(C)(C)CC2)no1. The topological polar surface area (TPSA) is 64.9 Å². The van der Waals surface area contributed by atoms with Crippen LogP contribution in [0.3, 0.4) is 0 Å². The molecule has 1 fully saturated rings. The van der Waals surface area contributed by atoms with Gasteiger partial charge in [0.25, 0.3) is 0 Å². The second kappa shape index (κ2) is 5.61. The highest BCUT2D eigenvalue weighted by atomic mass is 16.5. The minimum atomic E-state index is -0.124. The Morgan fingerprint density at radius 3 is 2.53 bits per heavy atom. The quantitative estimate of drug-likeness (QED) is 0.899. The van der Waals surface area contributed by atoms with Gasteiger partial charge in [-0.15, -0.1) is 0 Å². The molecule has 1 aliphatic rings. The van der Waals surface area contributed by atoms with Gasteiger partial charge in [-0.2, -0.15) is 4.98 Å². The van der Waals surface area contributed by atoms with E-state index in [1.807, 2.05) is 0 Å². The Morgan fingerprint density at radius 2 is 1.95 bits per heavy atom. The number of hydrogen-bond acceptors (Lipinski definition) is 4. The summed E-state index contributed by atoms with van der Waals surface area (Å²) in [6, 6.07) is -0.124. The molecule has 19 heavy (non-hydrogen) atoms. The molecule has 2 N–H and O–H groups in total. The zero-order chi connectivity index (χ0) is 14.0. The van der Waals surface area contributed by atoms with Crippen LogP contribution in [0.15, 0.2) is 4.52 Å². The van der Waals surface area contributed by atoms with Crippen molar-refractivity contribution in [2.45, 2.75) is 71.8 Å². The van der Waals surface area contributed by atoms with Crippen LogP contribution in [-0.4, -0.2) is 10.1 Å². The highest BCUT2D eigenvalue weighted by Crippen LogP contribution is 2.41. The van der Waals surface area contributed by atoms with E-state index in [1.54, 1.807) is 0 Å². The fourth-order valence-corrected chi connectivity index (χ4v) is 2.83. The van der Waals surface area contributed by atoms with E-state index < -0.39 is 0 Å². The molecular weight excluding hydrogens is 238 g/mol. The summed E-state index contributed by atoms with van der Waals surface area (Å²) in [6.45, 7) is 8.98. The molecule has 0 amide bonds. The number of rotatable bonds is 4.